The summed E-state index contributed by atoms with van der Waals surface area (Å²) in [5.41, 5.74) is 1.25. The quantitative estimate of drug-likeness (QED) is 0.795. The van der Waals surface area contributed by atoms with Crippen LogP contribution >= 0.6 is 0 Å². The lowest BCUT2D eigenvalue weighted by Gasteiger charge is -2.22. The van der Waals surface area contributed by atoms with Gasteiger partial charge < -0.3 is 4.90 Å². The molecule has 0 amide bonds. The topological polar surface area (TPSA) is 15.6 Å². The molecule has 0 atom stereocenters. The van der Waals surface area contributed by atoms with Gasteiger partial charge in [-0.05, 0) is 28.8 Å². The van der Waals surface area contributed by atoms with E-state index in [-0.39, 0.29) is 0 Å². The van der Waals surface area contributed by atoms with Gasteiger partial charge in [-0.25, -0.2) is 0 Å². The Labute approximate surface area is 114 Å². The van der Waals surface area contributed by atoms with Crippen LogP contribution in [0.25, 0.3) is 16.8 Å². The fourth-order valence-electron chi connectivity index (χ4n) is 2.48. The van der Waals surface area contributed by atoms with Crippen molar-refractivity contribution in [2.75, 3.05) is 20.1 Å². The second kappa shape index (κ2) is 5.27. The Morgan fingerprint density at radius 2 is 1.89 bits per heavy atom. The molecule has 1 heterocycles. The summed E-state index contributed by atoms with van der Waals surface area (Å²) in [5.74, 6) is 1.08. The van der Waals surface area contributed by atoms with Crippen molar-refractivity contribution < 1.29 is 0 Å². The average Bonchev–Trinajstić information content (AvgIpc) is 2.46. The molecule has 0 bridgehead atoms. The van der Waals surface area contributed by atoms with Gasteiger partial charge in [0.15, 0.2) is 0 Å². The summed E-state index contributed by atoms with van der Waals surface area (Å²) < 4.78 is 0. The molecular formula is C17H18N2. The zero-order valence-electron chi connectivity index (χ0n) is 11.2. The fourth-order valence-corrected chi connectivity index (χ4v) is 2.48. The minimum Gasteiger partial charge on any atom is -0.360 e. The number of fused-ring (bicyclic) bond motifs is 1. The molecule has 1 aliphatic heterocycles. The molecule has 19 heavy (non-hydrogen) atoms. The molecule has 0 saturated heterocycles. The predicted molar refractivity (Wildman–Crippen MR) is 82.5 cm³/mol. The van der Waals surface area contributed by atoms with Gasteiger partial charge >= 0.3 is 0 Å². The highest BCUT2D eigenvalue weighted by atomic mass is 15.2. The second-order valence-corrected chi connectivity index (χ2v) is 4.92. The second-order valence-electron chi connectivity index (χ2n) is 4.92. The van der Waals surface area contributed by atoms with Crippen LogP contribution in [-0.2, 0) is 0 Å². The highest BCUT2D eigenvalue weighted by Gasteiger charge is 2.07. The maximum atomic E-state index is 4.56. The van der Waals surface area contributed by atoms with E-state index in [1.807, 2.05) is 0 Å². The van der Waals surface area contributed by atoms with Crippen molar-refractivity contribution in [1.82, 2.24) is 4.90 Å². The van der Waals surface area contributed by atoms with E-state index in [4.69, 9.17) is 0 Å². The van der Waals surface area contributed by atoms with Gasteiger partial charge in [-0.2, -0.15) is 0 Å². The van der Waals surface area contributed by atoms with Gasteiger partial charge in [0.2, 0.25) is 0 Å². The van der Waals surface area contributed by atoms with Crippen LogP contribution in [0.4, 0.5) is 0 Å². The predicted octanol–water partition coefficient (Wildman–Crippen LogP) is 3.59. The molecule has 0 N–H and O–H groups in total. The Morgan fingerprint density at radius 1 is 1.05 bits per heavy atom. The summed E-state index contributed by atoms with van der Waals surface area (Å²) in [6.07, 6.45) is 5.45. The summed E-state index contributed by atoms with van der Waals surface area (Å²) in [6, 6.07) is 14.9. The number of hydrogen-bond donors (Lipinski definition) is 0. The number of likely N-dealkylation sites (N-methyl/N-ethyl adjacent to an activating group) is 1. The molecule has 1 aliphatic rings. The van der Waals surface area contributed by atoms with E-state index in [1.165, 1.54) is 16.3 Å². The third-order valence-corrected chi connectivity index (χ3v) is 3.55. The number of aliphatic imine (C=N–C) groups is 1. The minimum absolute atomic E-state index is 0.944. The molecule has 0 aromatic heterocycles. The van der Waals surface area contributed by atoms with E-state index in [0.717, 1.165) is 25.3 Å². The standard InChI is InChI=1S/C17H18N2/c1-19-13-5-12-18-17(19)11-10-15-8-4-7-14-6-2-3-9-16(14)15/h2-4,6-11H,5,12-13H2,1H3/b11-10-. The first-order chi connectivity index (χ1) is 9.34. The van der Waals surface area contributed by atoms with E-state index in [1.54, 1.807) is 0 Å². The van der Waals surface area contributed by atoms with Gasteiger partial charge in [0.05, 0.1) is 0 Å². The first-order valence-electron chi connectivity index (χ1n) is 6.76. The molecular weight excluding hydrogens is 232 g/mol. The van der Waals surface area contributed by atoms with E-state index in [0.29, 0.717) is 0 Å². The summed E-state index contributed by atoms with van der Waals surface area (Å²) in [4.78, 5) is 6.77. The summed E-state index contributed by atoms with van der Waals surface area (Å²) >= 11 is 0. The van der Waals surface area contributed by atoms with Crippen LogP contribution in [0.15, 0.2) is 53.5 Å². The molecule has 2 heteroatoms. The van der Waals surface area contributed by atoms with Gasteiger partial charge in [-0.1, -0.05) is 48.5 Å². The average molecular weight is 250 g/mol. The number of nitrogens with zero attached hydrogens (tertiary/aromatic N) is 2. The molecule has 2 nitrogen and oxygen atoms in total. The van der Waals surface area contributed by atoms with E-state index in [2.05, 4.69) is 71.6 Å². The lowest BCUT2D eigenvalue weighted by atomic mass is 10.0. The zero-order chi connectivity index (χ0) is 13.1. The van der Waals surface area contributed by atoms with Gasteiger partial charge in [-0.3, -0.25) is 4.99 Å². The maximum absolute atomic E-state index is 4.56. The van der Waals surface area contributed by atoms with Crippen molar-refractivity contribution in [1.29, 1.82) is 0 Å². The summed E-state index contributed by atoms with van der Waals surface area (Å²) in [5, 5.41) is 2.57. The first kappa shape index (κ1) is 12.0. The van der Waals surface area contributed by atoms with Crippen LogP contribution in [0.2, 0.25) is 0 Å². The van der Waals surface area contributed by atoms with E-state index < -0.39 is 0 Å². The molecule has 0 radical (unpaired) electrons. The molecule has 0 aliphatic carbocycles. The largest absolute Gasteiger partial charge is 0.360 e. The van der Waals surface area contributed by atoms with Gasteiger partial charge in [0.1, 0.15) is 5.84 Å². The Bertz CT molecular complexity index is 635. The summed E-state index contributed by atoms with van der Waals surface area (Å²) in [6.45, 7) is 2.04. The monoisotopic (exact) mass is 250 g/mol. The lowest BCUT2D eigenvalue weighted by Crippen LogP contribution is -2.30. The SMILES string of the molecule is CN1CCCN=C1/C=C\c1cccc2ccccc12. The van der Waals surface area contributed by atoms with Crippen molar-refractivity contribution in [2.45, 2.75) is 6.42 Å². The van der Waals surface area contributed by atoms with Crippen molar-refractivity contribution in [3.8, 4) is 0 Å². The Balaban J connectivity index is 1.95. The van der Waals surface area contributed by atoms with Crippen molar-refractivity contribution >= 4 is 22.7 Å². The molecule has 0 saturated carbocycles. The minimum atomic E-state index is 0.944. The highest BCUT2D eigenvalue weighted by molar-refractivity contribution is 5.99. The Morgan fingerprint density at radius 3 is 2.79 bits per heavy atom. The van der Waals surface area contributed by atoms with E-state index in [9.17, 15) is 0 Å². The summed E-state index contributed by atoms with van der Waals surface area (Å²) in [7, 11) is 2.10. The van der Waals surface area contributed by atoms with E-state index >= 15 is 0 Å². The third-order valence-electron chi connectivity index (χ3n) is 3.55. The normalized spacial score (nSPS) is 16.1. The molecule has 0 unspecified atom stereocenters. The van der Waals surface area contributed by atoms with Gasteiger partial charge in [0.25, 0.3) is 0 Å². The number of amidine groups is 1. The molecule has 3 rings (SSSR count). The van der Waals surface area contributed by atoms with Crippen molar-refractivity contribution in [2.24, 2.45) is 4.99 Å². The van der Waals surface area contributed by atoms with Crippen LogP contribution in [0.1, 0.15) is 12.0 Å². The van der Waals surface area contributed by atoms with Crippen molar-refractivity contribution in [3.05, 3.63) is 54.1 Å². The van der Waals surface area contributed by atoms with Crippen molar-refractivity contribution in [3.63, 3.8) is 0 Å². The van der Waals surface area contributed by atoms with Crippen LogP contribution in [0, 0.1) is 0 Å². The van der Waals surface area contributed by atoms with Crippen LogP contribution < -0.4 is 0 Å². The molecule has 96 valence electrons. The molecule has 2 aromatic carbocycles. The number of benzene rings is 2. The van der Waals surface area contributed by atoms with Gasteiger partial charge in [0, 0.05) is 20.1 Å². The highest BCUT2D eigenvalue weighted by Crippen LogP contribution is 2.19. The zero-order valence-corrected chi connectivity index (χ0v) is 11.2. The smallest absolute Gasteiger partial charge is 0.123 e. The maximum Gasteiger partial charge on any atom is 0.123 e. The molecule has 0 fully saturated rings. The number of hydrogen-bond acceptors (Lipinski definition) is 2. The molecule has 2 aromatic rings. The first-order valence-corrected chi connectivity index (χ1v) is 6.76. The molecule has 0 spiro atoms. The lowest BCUT2D eigenvalue weighted by molar-refractivity contribution is 0.470. The third kappa shape index (κ3) is 2.53. The Hall–Kier alpha value is -2.09. The fraction of sp³-hybridized carbons (Fsp3) is 0.235. The van der Waals surface area contributed by atoms with Gasteiger partial charge in [-0.15, -0.1) is 0 Å². The number of rotatable bonds is 2. The van der Waals surface area contributed by atoms with Crippen LogP contribution in [0.5, 0.6) is 0 Å². The van der Waals surface area contributed by atoms with Crippen LogP contribution in [-0.4, -0.2) is 30.9 Å². The Kier molecular flexibility index (Phi) is 3.32. The van der Waals surface area contributed by atoms with Crippen LogP contribution in [0.3, 0.4) is 0 Å².